The number of para-hydroxylation sites is 3. The maximum atomic E-state index is 5.31. The first-order valence-corrected chi connectivity index (χ1v) is 25.1. The van der Waals surface area contributed by atoms with Gasteiger partial charge in [-0.05, 0) is 81.9 Å². The molecule has 0 spiro atoms. The van der Waals surface area contributed by atoms with Gasteiger partial charge in [0.2, 0.25) is 0 Å². The second-order valence-electron chi connectivity index (χ2n) is 18.8. The predicted octanol–water partition coefficient (Wildman–Crippen LogP) is 17.7. The molecule has 0 bridgehead atoms. The van der Waals surface area contributed by atoms with Crippen molar-refractivity contribution in [2.75, 3.05) is 0 Å². The van der Waals surface area contributed by atoms with E-state index in [4.69, 9.17) is 15.0 Å². The molecular weight excluding hydrogens is 899 g/mol. The van der Waals surface area contributed by atoms with Gasteiger partial charge in [-0.1, -0.05) is 224 Å². The SMILES string of the molecule is c1ccc(-c2ccc(-c3cc(-c4nc(-c5ccccc5)nc(-c5ccccc5)n4)cc(-c4ccc(-c5ccccc5)cc4)c3-n3c4ccccc4c4cc(-n5c6ccccc6c6ccccc65)ccc43)cc2)cc1. The van der Waals surface area contributed by atoms with Gasteiger partial charge >= 0.3 is 0 Å². The van der Waals surface area contributed by atoms with Crippen LogP contribution in [0.25, 0.3) is 134 Å². The number of rotatable bonds is 9. The molecule has 3 heterocycles. The van der Waals surface area contributed by atoms with E-state index in [9.17, 15) is 0 Å². The van der Waals surface area contributed by atoms with Gasteiger partial charge in [0.1, 0.15) is 0 Å². The van der Waals surface area contributed by atoms with Crippen molar-refractivity contribution in [3.63, 3.8) is 0 Å². The van der Waals surface area contributed by atoms with Crippen molar-refractivity contribution in [3.8, 4) is 90.0 Å². The minimum absolute atomic E-state index is 0.589. The molecule has 0 unspecified atom stereocenters. The van der Waals surface area contributed by atoms with E-state index in [1.807, 2.05) is 36.4 Å². The zero-order valence-electron chi connectivity index (χ0n) is 40.2. The highest BCUT2D eigenvalue weighted by Gasteiger charge is 2.24. The van der Waals surface area contributed by atoms with Crippen LogP contribution in [0.5, 0.6) is 0 Å². The fourth-order valence-electron chi connectivity index (χ4n) is 10.9. The van der Waals surface area contributed by atoms with E-state index in [1.54, 1.807) is 0 Å². The van der Waals surface area contributed by atoms with Crippen molar-refractivity contribution in [2.45, 2.75) is 0 Å². The fourth-order valence-corrected chi connectivity index (χ4v) is 10.9. The molecule has 14 rings (SSSR count). The molecule has 5 heteroatoms. The lowest BCUT2D eigenvalue weighted by atomic mass is 9.91. The summed E-state index contributed by atoms with van der Waals surface area (Å²) in [5.74, 6) is 1.82. The predicted molar refractivity (Wildman–Crippen MR) is 307 cm³/mol. The Labute approximate surface area is 428 Å². The number of hydrogen-bond donors (Lipinski definition) is 0. The Bertz CT molecular complexity index is 4160. The standard InChI is InChI=1S/C69H45N5/c1-5-19-46(20-6-1)48-33-37-50(38-34-48)59-43-54(69-71-67(52-23-9-3-10-24-52)70-68(72-69)53-25-11-4-12-26-53)44-60(51-39-35-49(36-40-51)47-21-7-2-8-22-47)66(59)74-64-32-18-15-29-58(64)61-45-55(41-42-65(61)74)73-62-30-16-13-27-56(62)57-28-14-17-31-63(57)73/h1-45H. The summed E-state index contributed by atoms with van der Waals surface area (Å²) in [6, 6.07) is 97.4. The Hall–Kier alpha value is -9.97. The third-order valence-corrected chi connectivity index (χ3v) is 14.4. The number of hydrogen-bond acceptors (Lipinski definition) is 3. The summed E-state index contributed by atoms with van der Waals surface area (Å²) >= 11 is 0. The molecular formula is C69H45N5. The van der Waals surface area contributed by atoms with E-state index in [1.165, 1.54) is 38.3 Å². The van der Waals surface area contributed by atoms with Gasteiger partial charge in [0.05, 0.1) is 27.8 Å². The molecule has 14 aromatic rings. The quantitative estimate of drug-likeness (QED) is 0.145. The molecule has 0 saturated carbocycles. The van der Waals surface area contributed by atoms with Crippen molar-refractivity contribution in [2.24, 2.45) is 0 Å². The van der Waals surface area contributed by atoms with Crippen molar-refractivity contribution >= 4 is 43.6 Å². The van der Waals surface area contributed by atoms with Gasteiger partial charge < -0.3 is 9.13 Å². The van der Waals surface area contributed by atoms with E-state index < -0.39 is 0 Å². The average Bonchev–Trinajstić information content (AvgIpc) is 4.00. The molecule has 5 nitrogen and oxygen atoms in total. The summed E-state index contributed by atoms with van der Waals surface area (Å²) in [6.45, 7) is 0. The normalized spacial score (nSPS) is 11.5. The molecule has 0 aliphatic carbocycles. The van der Waals surface area contributed by atoms with Crippen LogP contribution < -0.4 is 0 Å². The summed E-state index contributed by atoms with van der Waals surface area (Å²) in [7, 11) is 0. The molecule has 0 amide bonds. The van der Waals surface area contributed by atoms with Crippen molar-refractivity contribution in [1.29, 1.82) is 0 Å². The largest absolute Gasteiger partial charge is 0.309 e. The van der Waals surface area contributed by atoms with Gasteiger partial charge in [-0.3, -0.25) is 0 Å². The van der Waals surface area contributed by atoms with Crippen LogP contribution in [0.4, 0.5) is 0 Å². The van der Waals surface area contributed by atoms with Crippen LogP contribution in [0, 0.1) is 0 Å². The van der Waals surface area contributed by atoms with E-state index >= 15 is 0 Å². The summed E-state index contributed by atoms with van der Waals surface area (Å²) < 4.78 is 4.90. The van der Waals surface area contributed by atoms with Crippen LogP contribution in [-0.4, -0.2) is 24.1 Å². The number of nitrogens with zero attached hydrogens (tertiary/aromatic N) is 5. The van der Waals surface area contributed by atoms with Crippen LogP contribution in [0.15, 0.2) is 273 Å². The van der Waals surface area contributed by atoms with Gasteiger partial charge in [-0.25, -0.2) is 15.0 Å². The summed E-state index contributed by atoms with van der Waals surface area (Å²) in [5.41, 5.74) is 18.3. The van der Waals surface area contributed by atoms with Gasteiger partial charge in [0.25, 0.3) is 0 Å². The van der Waals surface area contributed by atoms with E-state index in [0.29, 0.717) is 17.5 Å². The van der Waals surface area contributed by atoms with E-state index in [2.05, 4.69) is 246 Å². The lowest BCUT2D eigenvalue weighted by molar-refractivity contribution is 1.07. The van der Waals surface area contributed by atoms with Crippen LogP contribution in [-0.2, 0) is 0 Å². The number of fused-ring (bicyclic) bond motifs is 6. The first-order chi connectivity index (χ1) is 36.7. The van der Waals surface area contributed by atoms with E-state index in [0.717, 1.165) is 77.9 Å². The third-order valence-electron chi connectivity index (χ3n) is 14.4. The fraction of sp³-hybridized carbons (Fsp3) is 0. The second kappa shape index (κ2) is 18.0. The first-order valence-electron chi connectivity index (χ1n) is 25.1. The zero-order valence-corrected chi connectivity index (χ0v) is 40.2. The summed E-state index contributed by atoms with van der Waals surface area (Å²) in [5, 5.41) is 4.81. The van der Waals surface area contributed by atoms with Crippen molar-refractivity contribution < 1.29 is 0 Å². The van der Waals surface area contributed by atoms with Crippen molar-refractivity contribution in [3.05, 3.63) is 273 Å². The minimum Gasteiger partial charge on any atom is -0.309 e. The molecule has 0 N–H and O–H groups in total. The molecule has 0 radical (unpaired) electrons. The molecule has 346 valence electrons. The number of aromatic nitrogens is 5. The van der Waals surface area contributed by atoms with Gasteiger partial charge in [0.15, 0.2) is 17.5 Å². The van der Waals surface area contributed by atoms with Crippen LogP contribution >= 0.6 is 0 Å². The van der Waals surface area contributed by atoms with Gasteiger partial charge in [-0.15, -0.1) is 0 Å². The average molecular weight is 944 g/mol. The first kappa shape index (κ1) is 42.9. The Balaban J connectivity index is 1.07. The highest BCUT2D eigenvalue weighted by atomic mass is 15.0. The number of benzene rings is 11. The molecule has 74 heavy (non-hydrogen) atoms. The molecule has 0 fully saturated rings. The lowest BCUT2D eigenvalue weighted by Gasteiger charge is -2.21. The van der Waals surface area contributed by atoms with Gasteiger partial charge in [0, 0.05) is 55.0 Å². The van der Waals surface area contributed by atoms with Crippen LogP contribution in [0.2, 0.25) is 0 Å². The van der Waals surface area contributed by atoms with Gasteiger partial charge in [-0.2, -0.15) is 0 Å². The van der Waals surface area contributed by atoms with Crippen molar-refractivity contribution in [1.82, 2.24) is 24.1 Å². The maximum absolute atomic E-state index is 5.31. The highest BCUT2D eigenvalue weighted by Crippen LogP contribution is 2.45. The third kappa shape index (κ3) is 7.46. The maximum Gasteiger partial charge on any atom is 0.164 e. The molecule has 11 aromatic carbocycles. The zero-order chi connectivity index (χ0) is 49.0. The monoisotopic (exact) mass is 943 g/mol. The molecule has 0 aliphatic heterocycles. The molecule has 0 aliphatic rings. The van der Waals surface area contributed by atoms with Crippen LogP contribution in [0.1, 0.15) is 0 Å². The Morgan fingerprint density at radius 3 is 0.986 bits per heavy atom. The molecule has 0 atom stereocenters. The molecule has 3 aromatic heterocycles. The second-order valence-corrected chi connectivity index (χ2v) is 18.8. The Morgan fingerprint density at radius 1 is 0.216 bits per heavy atom. The summed E-state index contributed by atoms with van der Waals surface area (Å²) in [4.78, 5) is 15.7. The molecule has 0 saturated heterocycles. The Morgan fingerprint density at radius 2 is 0.541 bits per heavy atom. The topological polar surface area (TPSA) is 48.5 Å². The summed E-state index contributed by atoms with van der Waals surface area (Å²) in [6.07, 6.45) is 0. The van der Waals surface area contributed by atoms with E-state index in [-0.39, 0.29) is 0 Å². The highest BCUT2D eigenvalue weighted by molar-refractivity contribution is 6.13. The lowest BCUT2D eigenvalue weighted by Crippen LogP contribution is -2.04. The minimum atomic E-state index is 0.589. The van der Waals surface area contributed by atoms with Crippen LogP contribution in [0.3, 0.4) is 0 Å². The Kier molecular flexibility index (Phi) is 10.4. The smallest absolute Gasteiger partial charge is 0.164 e.